The normalized spacial score (nSPS) is 9.77. The highest BCUT2D eigenvalue weighted by Gasteiger charge is 2.09. The summed E-state index contributed by atoms with van der Waals surface area (Å²) in [6, 6.07) is 2.79. The summed E-state index contributed by atoms with van der Waals surface area (Å²) in [5, 5.41) is 0.456. The fourth-order valence-corrected chi connectivity index (χ4v) is 1.29. The molecule has 1 aromatic rings. The van der Waals surface area contributed by atoms with Crippen LogP contribution in [0.3, 0.4) is 0 Å². The summed E-state index contributed by atoms with van der Waals surface area (Å²) < 4.78 is 0. The summed E-state index contributed by atoms with van der Waals surface area (Å²) in [6.45, 7) is 0. The number of hydrogen-bond acceptors (Lipinski definition) is 3. The number of nitrogen functional groups attached to an aromatic ring is 2. The quantitative estimate of drug-likeness (QED) is 0.287. The molecule has 13 heavy (non-hydrogen) atoms. The van der Waals surface area contributed by atoms with Crippen LogP contribution < -0.4 is 17.0 Å². The van der Waals surface area contributed by atoms with Crippen LogP contribution in [0.2, 0.25) is 10.0 Å². The Hall–Kier alpha value is -0.970. The van der Waals surface area contributed by atoms with E-state index in [-0.39, 0.29) is 21.3 Å². The van der Waals surface area contributed by atoms with Gasteiger partial charge in [-0.3, -0.25) is 10.2 Å². The van der Waals surface area contributed by atoms with Crippen molar-refractivity contribution in [1.82, 2.24) is 5.43 Å². The van der Waals surface area contributed by atoms with Crippen molar-refractivity contribution in [1.29, 1.82) is 0 Å². The Labute approximate surface area is 84.8 Å². The highest BCUT2D eigenvalue weighted by atomic mass is 35.5. The van der Waals surface area contributed by atoms with Crippen LogP contribution in [0, 0.1) is 0 Å². The summed E-state index contributed by atoms with van der Waals surface area (Å²) in [7, 11) is 0. The van der Waals surface area contributed by atoms with Gasteiger partial charge in [-0.2, -0.15) is 0 Å². The first-order valence-electron chi connectivity index (χ1n) is 3.31. The van der Waals surface area contributed by atoms with Crippen LogP contribution in [-0.2, 0) is 0 Å². The molecule has 6 heteroatoms. The van der Waals surface area contributed by atoms with Crippen molar-refractivity contribution in [3.63, 3.8) is 0 Å². The van der Waals surface area contributed by atoms with Crippen molar-refractivity contribution in [2.45, 2.75) is 0 Å². The van der Waals surface area contributed by atoms with Gasteiger partial charge in [0.05, 0.1) is 15.7 Å². The second kappa shape index (κ2) is 3.83. The number of rotatable bonds is 1. The van der Waals surface area contributed by atoms with Crippen molar-refractivity contribution in [2.24, 2.45) is 5.84 Å². The van der Waals surface area contributed by atoms with Gasteiger partial charge >= 0.3 is 0 Å². The minimum Gasteiger partial charge on any atom is -0.396 e. The lowest BCUT2D eigenvalue weighted by atomic mass is 10.2. The smallest absolute Gasteiger partial charge is 0.265 e. The zero-order valence-corrected chi connectivity index (χ0v) is 7.99. The second-order valence-corrected chi connectivity index (χ2v) is 3.14. The second-order valence-electron chi connectivity index (χ2n) is 2.33. The van der Waals surface area contributed by atoms with E-state index in [0.717, 1.165) is 0 Å². The van der Waals surface area contributed by atoms with Gasteiger partial charge in [0.15, 0.2) is 0 Å². The molecule has 1 aromatic carbocycles. The molecule has 0 aliphatic heterocycles. The maximum absolute atomic E-state index is 11.0. The summed E-state index contributed by atoms with van der Waals surface area (Å²) >= 11 is 11.4. The molecular weight excluding hydrogens is 213 g/mol. The van der Waals surface area contributed by atoms with Gasteiger partial charge < -0.3 is 5.73 Å². The van der Waals surface area contributed by atoms with Gasteiger partial charge in [-0.1, -0.05) is 23.2 Å². The molecular formula is C7H7Cl2N3O. The largest absolute Gasteiger partial charge is 0.396 e. The first-order valence-corrected chi connectivity index (χ1v) is 4.07. The molecule has 0 heterocycles. The molecule has 1 amide bonds. The third-order valence-electron chi connectivity index (χ3n) is 1.47. The summed E-state index contributed by atoms with van der Waals surface area (Å²) in [5.41, 5.74) is 7.94. The molecule has 4 nitrogen and oxygen atoms in total. The molecule has 0 atom stereocenters. The SMILES string of the molecule is NNC(=O)c1cc(Cl)c(N)c(Cl)c1. The van der Waals surface area contributed by atoms with E-state index in [0.29, 0.717) is 0 Å². The number of carbonyl (C=O) groups is 1. The van der Waals surface area contributed by atoms with Crippen molar-refractivity contribution in [3.8, 4) is 0 Å². The average Bonchev–Trinajstić information content (AvgIpc) is 2.12. The molecule has 70 valence electrons. The zero-order chi connectivity index (χ0) is 10.0. The molecule has 0 aliphatic carbocycles. The van der Waals surface area contributed by atoms with E-state index >= 15 is 0 Å². The van der Waals surface area contributed by atoms with Gasteiger partial charge in [-0.05, 0) is 12.1 Å². The molecule has 0 aliphatic rings. The highest BCUT2D eigenvalue weighted by Crippen LogP contribution is 2.28. The number of nitrogens with one attached hydrogen (secondary N) is 1. The minimum atomic E-state index is -0.469. The third kappa shape index (κ3) is 2.03. The number of hydrazine groups is 1. The predicted octanol–water partition coefficient (Wildman–Crippen LogP) is 1.18. The van der Waals surface area contributed by atoms with Crippen LogP contribution in [0.25, 0.3) is 0 Å². The maximum Gasteiger partial charge on any atom is 0.265 e. The van der Waals surface area contributed by atoms with Gasteiger partial charge in [0.1, 0.15) is 0 Å². The highest BCUT2D eigenvalue weighted by molar-refractivity contribution is 6.39. The number of anilines is 1. The number of hydrogen-bond donors (Lipinski definition) is 3. The molecule has 0 spiro atoms. The van der Waals surface area contributed by atoms with Crippen LogP contribution in [0.15, 0.2) is 12.1 Å². The Bertz CT molecular complexity index is 331. The first-order chi connectivity index (χ1) is 6.06. The fourth-order valence-electron chi connectivity index (χ4n) is 0.799. The van der Waals surface area contributed by atoms with Crippen molar-refractivity contribution in [3.05, 3.63) is 27.7 Å². The minimum absolute atomic E-state index is 0.228. The molecule has 5 N–H and O–H groups in total. The molecule has 0 bridgehead atoms. The molecule has 1 rings (SSSR count). The van der Waals surface area contributed by atoms with Gasteiger partial charge in [-0.25, -0.2) is 5.84 Å². The predicted molar refractivity (Wildman–Crippen MR) is 52.5 cm³/mol. The number of halogens is 2. The van der Waals surface area contributed by atoms with Gasteiger partial charge in [0.25, 0.3) is 5.91 Å². The Morgan fingerprint density at radius 3 is 2.15 bits per heavy atom. The molecule has 0 aromatic heterocycles. The van der Waals surface area contributed by atoms with Gasteiger partial charge in [-0.15, -0.1) is 0 Å². The standard InChI is InChI=1S/C7H7Cl2N3O/c8-4-1-3(7(13)12-11)2-5(9)6(4)10/h1-2H,10-11H2,(H,12,13). The average molecular weight is 220 g/mol. The summed E-state index contributed by atoms with van der Waals surface area (Å²) in [6.07, 6.45) is 0. The Morgan fingerprint density at radius 1 is 1.31 bits per heavy atom. The lowest BCUT2D eigenvalue weighted by molar-refractivity contribution is 0.0953. The third-order valence-corrected chi connectivity index (χ3v) is 2.10. The fraction of sp³-hybridized carbons (Fsp3) is 0. The van der Waals surface area contributed by atoms with Gasteiger partial charge in [0, 0.05) is 5.56 Å². The monoisotopic (exact) mass is 219 g/mol. The van der Waals surface area contributed by atoms with Gasteiger partial charge in [0.2, 0.25) is 0 Å². The van der Waals surface area contributed by atoms with E-state index in [9.17, 15) is 4.79 Å². The van der Waals surface area contributed by atoms with Crippen LogP contribution in [0.1, 0.15) is 10.4 Å². The van der Waals surface area contributed by atoms with Crippen LogP contribution in [-0.4, -0.2) is 5.91 Å². The topological polar surface area (TPSA) is 81.1 Å². The van der Waals surface area contributed by atoms with E-state index in [1.54, 1.807) is 0 Å². The molecule has 0 fully saturated rings. The maximum atomic E-state index is 11.0. The van der Waals surface area contributed by atoms with Crippen LogP contribution in [0.5, 0.6) is 0 Å². The number of nitrogens with two attached hydrogens (primary N) is 2. The molecule has 0 saturated heterocycles. The number of amides is 1. The van der Waals surface area contributed by atoms with E-state index in [1.807, 2.05) is 5.43 Å². The molecule has 0 unspecified atom stereocenters. The summed E-state index contributed by atoms with van der Waals surface area (Å²) in [4.78, 5) is 11.0. The Balaban J connectivity index is 3.20. The van der Waals surface area contributed by atoms with E-state index in [2.05, 4.69) is 0 Å². The molecule has 0 radical (unpaired) electrons. The molecule has 0 saturated carbocycles. The Kier molecular flexibility index (Phi) is 2.98. The summed E-state index contributed by atoms with van der Waals surface area (Å²) in [5.74, 6) is 4.46. The Morgan fingerprint density at radius 2 is 1.77 bits per heavy atom. The zero-order valence-electron chi connectivity index (χ0n) is 6.47. The van der Waals surface area contributed by atoms with Crippen LogP contribution in [0.4, 0.5) is 5.69 Å². The van der Waals surface area contributed by atoms with Crippen LogP contribution >= 0.6 is 23.2 Å². The van der Waals surface area contributed by atoms with E-state index in [4.69, 9.17) is 34.8 Å². The first kappa shape index (κ1) is 10.1. The lowest BCUT2D eigenvalue weighted by Crippen LogP contribution is -2.29. The number of carbonyl (C=O) groups excluding carboxylic acids is 1. The van der Waals surface area contributed by atoms with Crippen molar-refractivity contribution < 1.29 is 4.79 Å². The van der Waals surface area contributed by atoms with Crippen molar-refractivity contribution >= 4 is 34.8 Å². The lowest BCUT2D eigenvalue weighted by Gasteiger charge is -2.04. The van der Waals surface area contributed by atoms with E-state index in [1.165, 1.54) is 12.1 Å². The number of benzene rings is 1. The van der Waals surface area contributed by atoms with Crippen molar-refractivity contribution in [2.75, 3.05) is 5.73 Å². The van der Waals surface area contributed by atoms with E-state index < -0.39 is 5.91 Å².